The summed E-state index contributed by atoms with van der Waals surface area (Å²) in [5.74, 6) is 0. The molecule has 1 N–H and O–H groups in total. The summed E-state index contributed by atoms with van der Waals surface area (Å²) in [6.07, 6.45) is 1.65. The van der Waals surface area contributed by atoms with Gasteiger partial charge in [0.2, 0.25) is 0 Å². The third-order valence-electron chi connectivity index (χ3n) is 1.86. The van der Waals surface area contributed by atoms with Crippen molar-refractivity contribution < 1.29 is 0 Å². The van der Waals surface area contributed by atoms with E-state index in [4.69, 9.17) is 23.2 Å². The smallest absolute Gasteiger partial charge is 0.131 e. The molecule has 0 unspecified atom stereocenters. The van der Waals surface area contributed by atoms with Crippen molar-refractivity contribution in [3.8, 4) is 0 Å². The van der Waals surface area contributed by atoms with Crippen LogP contribution >= 0.6 is 23.2 Å². The number of anilines is 2. The number of nitrogens with zero attached hydrogens (tertiary/aromatic N) is 1. The molecule has 0 aliphatic heterocycles. The lowest BCUT2D eigenvalue weighted by Crippen LogP contribution is -1.89. The van der Waals surface area contributed by atoms with Crippen LogP contribution in [0.5, 0.6) is 0 Å². The van der Waals surface area contributed by atoms with Crippen LogP contribution in [0.15, 0.2) is 42.6 Å². The Morgan fingerprint density at radius 2 is 1.67 bits per heavy atom. The second-order valence-corrected chi connectivity index (χ2v) is 3.82. The molecule has 2 rings (SSSR count). The summed E-state index contributed by atoms with van der Waals surface area (Å²) in [7, 11) is 0. The Hall–Kier alpha value is -1.25. The number of aromatic nitrogens is 1. The zero-order valence-corrected chi connectivity index (χ0v) is 9.26. The van der Waals surface area contributed by atoms with Crippen LogP contribution in [0.25, 0.3) is 0 Å². The fraction of sp³-hybridized carbons (Fsp3) is 0. The fourth-order valence-electron chi connectivity index (χ4n) is 1.18. The van der Waals surface area contributed by atoms with Crippen LogP contribution in [0.1, 0.15) is 0 Å². The third-order valence-corrected chi connectivity index (χ3v) is 2.32. The number of hydrogen-bond acceptors (Lipinski definition) is 2. The quantitative estimate of drug-likeness (QED) is 0.797. The SMILES string of the molecule is Clc1ccc(Nc2ccnc(Cl)c2)cc1. The Morgan fingerprint density at radius 3 is 2.33 bits per heavy atom. The molecule has 1 aromatic carbocycles. The molecule has 0 atom stereocenters. The van der Waals surface area contributed by atoms with E-state index in [0.29, 0.717) is 10.2 Å². The second kappa shape index (κ2) is 4.51. The van der Waals surface area contributed by atoms with Gasteiger partial charge in [0.15, 0.2) is 0 Å². The summed E-state index contributed by atoms with van der Waals surface area (Å²) >= 11 is 11.5. The second-order valence-electron chi connectivity index (χ2n) is 3.00. The number of halogens is 2. The van der Waals surface area contributed by atoms with Crippen molar-refractivity contribution in [2.75, 3.05) is 5.32 Å². The molecule has 0 saturated carbocycles. The summed E-state index contributed by atoms with van der Waals surface area (Å²) in [5, 5.41) is 4.37. The maximum atomic E-state index is 5.78. The van der Waals surface area contributed by atoms with Gasteiger partial charge in [-0.05, 0) is 36.4 Å². The van der Waals surface area contributed by atoms with Gasteiger partial charge >= 0.3 is 0 Å². The van der Waals surface area contributed by atoms with Crippen molar-refractivity contribution in [2.45, 2.75) is 0 Å². The molecule has 0 spiro atoms. The van der Waals surface area contributed by atoms with Crippen molar-refractivity contribution in [3.63, 3.8) is 0 Å². The third kappa shape index (κ3) is 2.85. The standard InChI is InChI=1S/C11H8Cl2N2/c12-8-1-3-9(4-2-8)15-10-5-6-14-11(13)7-10/h1-7H,(H,14,15). The van der Waals surface area contributed by atoms with Gasteiger partial charge in [0, 0.05) is 22.6 Å². The van der Waals surface area contributed by atoms with E-state index in [1.165, 1.54) is 0 Å². The summed E-state index contributed by atoms with van der Waals surface area (Å²) in [5.41, 5.74) is 1.86. The first-order chi connectivity index (χ1) is 7.24. The van der Waals surface area contributed by atoms with E-state index in [9.17, 15) is 0 Å². The first-order valence-corrected chi connectivity index (χ1v) is 5.14. The highest BCUT2D eigenvalue weighted by atomic mass is 35.5. The number of rotatable bonds is 2. The molecule has 0 aliphatic carbocycles. The lowest BCUT2D eigenvalue weighted by atomic mass is 10.3. The average Bonchev–Trinajstić information content (AvgIpc) is 2.22. The van der Waals surface area contributed by atoms with E-state index in [-0.39, 0.29) is 0 Å². The summed E-state index contributed by atoms with van der Waals surface area (Å²) in [6, 6.07) is 11.1. The summed E-state index contributed by atoms with van der Waals surface area (Å²) < 4.78 is 0. The molecule has 2 nitrogen and oxygen atoms in total. The van der Waals surface area contributed by atoms with Crippen LogP contribution in [0, 0.1) is 0 Å². The van der Waals surface area contributed by atoms with Crippen LogP contribution < -0.4 is 5.32 Å². The molecule has 1 aromatic heterocycles. The van der Waals surface area contributed by atoms with Gasteiger partial charge in [-0.1, -0.05) is 23.2 Å². The summed E-state index contributed by atoms with van der Waals surface area (Å²) in [4.78, 5) is 3.90. The van der Waals surface area contributed by atoms with Crippen LogP contribution in [0.4, 0.5) is 11.4 Å². The van der Waals surface area contributed by atoms with E-state index in [2.05, 4.69) is 10.3 Å². The van der Waals surface area contributed by atoms with Crippen LogP contribution in [-0.4, -0.2) is 4.98 Å². The Morgan fingerprint density at radius 1 is 0.933 bits per heavy atom. The van der Waals surface area contributed by atoms with Crippen LogP contribution in [0.2, 0.25) is 10.2 Å². The zero-order valence-electron chi connectivity index (χ0n) is 7.74. The van der Waals surface area contributed by atoms with Gasteiger partial charge in [-0.15, -0.1) is 0 Å². The monoisotopic (exact) mass is 238 g/mol. The maximum absolute atomic E-state index is 5.78. The molecule has 0 fully saturated rings. The van der Waals surface area contributed by atoms with Crippen molar-refractivity contribution in [2.24, 2.45) is 0 Å². The van der Waals surface area contributed by atoms with Gasteiger partial charge in [0.25, 0.3) is 0 Å². The highest BCUT2D eigenvalue weighted by molar-refractivity contribution is 6.30. The van der Waals surface area contributed by atoms with E-state index in [1.54, 1.807) is 12.3 Å². The molecule has 76 valence electrons. The molecular formula is C11H8Cl2N2. The molecule has 1 heterocycles. The minimum Gasteiger partial charge on any atom is -0.355 e. The molecule has 4 heteroatoms. The van der Waals surface area contributed by atoms with Gasteiger partial charge in [-0.3, -0.25) is 0 Å². The predicted molar refractivity (Wildman–Crippen MR) is 64.0 cm³/mol. The number of benzene rings is 1. The van der Waals surface area contributed by atoms with Crippen molar-refractivity contribution in [1.29, 1.82) is 0 Å². The fourth-order valence-corrected chi connectivity index (χ4v) is 1.48. The van der Waals surface area contributed by atoms with E-state index < -0.39 is 0 Å². The number of hydrogen-bond donors (Lipinski definition) is 1. The molecule has 15 heavy (non-hydrogen) atoms. The lowest BCUT2D eigenvalue weighted by molar-refractivity contribution is 1.32. The topological polar surface area (TPSA) is 24.9 Å². The Kier molecular flexibility index (Phi) is 3.09. The largest absolute Gasteiger partial charge is 0.355 e. The van der Waals surface area contributed by atoms with Crippen molar-refractivity contribution >= 4 is 34.6 Å². The normalized spacial score (nSPS) is 10.0. The van der Waals surface area contributed by atoms with Gasteiger partial charge in [0.05, 0.1) is 0 Å². The van der Waals surface area contributed by atoms with Gasteiger partial charge < -0.3 is 5.32 Å². The highest BCUT2D eigenvalue weighted by Crippen LogP contribution is 2.20. The van der Waals surface area contributed by atoms with Crippen molar-refractivity contribution in [1.82, 2.24) is 4.98 Å². The first kappa shape index (κ1) is 10.3. The predicted octanol–water partition coefficient (Wildman–Crippen LogP) is 4.13. The Labute approximate surface area is 97.9 Å². The molecule has 0 amide bonds. The Bertz CT molecular complexity index is 454. The van der Waals surface area contributed by atoms with Gasteiger partial charge in [-0.25, -0.2) is 4.98 Å². The van der Waals surface area contributed by atoms with E-state index in [0.717, 1.165) is 11.4 Å². The van der Waals surface area contributed by atoms with Crippen LogP contribution in [-0.2, 0) is 0 Å². The van der Waals surface area contributed by atoms with Crippen molar-refractivity contribution in [3.05, 3.63) is 52.8 Å². The maximum Gasteiger partial charge on any atom is 0.131 e. The molecular weight excluding hydrogens is 231 g/mol. The number of nitrogens with one attached hydrogen (secondary N) is 1. The average molecular weight is 239 g/mol. The Balaban J connectivity index is 2.18. The highest BCUT2D eigenvalue weighted by Gasteiger charge is 1.96. The lowest BCUT2D eigenvalue weighted by Gasteiger charge is -2.05. The first-order valence-electron chi connectivity index (χ1n) is 4.38. The zero-order chi connectivity index (χ0) is 10.7. The number of pyridine rings is 1. The minimum atomic E-state index is 0.467. The van der Waals surface area contributed by atoms with E-state index in [1.807, 2.05) is 30.3 Å². The van der Waals surface area contributed by atoms with Crippen LogP contribution in [0.3, 0.4) is 0 Å². The molecule has 2 aromatic rings. The summed E-state index contributed by atoms with van der Waals surface area (Å²) in [6.45, 7) is 0. The molecule has 0 bridgehead atoms. The van der Waals surface area contributed by atoms with Gasteiger partial charge in [0.1, 0.15) is 5.15 Å². The minimum absolute atomic E-state index is 0.467. The van der Waals surface area contributed by atoms with E-state index >= 15 is 0 Å². The molecule has 0 saturated heterocycles. The molecule has 0 radical (unpaired) electrons. The van der Waals surface area contributed by atoms with Gasteiger partial charge in [-0.2, -0.15) is 0 Å². The molecule has 0 aliphatic rings.